The van der Waals surface area contributed by atoms with Gasteiger partial charge in [-0.15, -0.1) is 0 Å². The topological polar surface area (TPSA) is 38.3 Å². The highest BCUT2D eigenvalue weighted by Gasteiger charge is 2.22. The third-order valence-electron chi connectivity index (χ3n) is 2.64. The van der Waals surface area contributed by atoms with E-state index in [2.05, 4.69) is 5.32 Å². The van der Waals surface area contributed by atoms with Gasteiger partial charge in [-0.2, -0.15) is 0 Å². The van der Waals surface area contributed by atoms with Crippen molar-refractivity contribution in [2.75, 3.05) is 7.11 Å². The molecule has 1 rings (SSSR count). The molecule has 0 aliphatic carbocycles. The Morgan fingerprint density at radius 3 is 2.18 bits per heavy atom. The Morgan fingerprint density at radius 1 is 1.24 bits per heavy atom. The molecule has 94 valence electrons. The van der Waals surface area contributed by atoms with E-state index in [1.165, 1.54) is 0 Å². The van der Waals surface area contributed by atoms with Gasteiger partial charge in [-0.3, -0.25) is 4.79 Å². The van der Waals surface area contributed by atoms with E-state index in [9.17, 15) is 4.79 Å². The molecule has 0 saturated heterocycles. The number of amides is 1. The maximum absolute atomic E-state index is 11.8. The van der Waals surface area contributed by atoms with Gasteiger partial charge in [0.1, 0.15) is 5.75 Å². The zero-order valence-electron chi connectivity index (χ0n) is 11.2. The van der Waals surface area contributed by atoms with Crippen molar-refractivity contribution in [3.05, 3.63) is 29.8 Å². The summed E-state index contributed by atoms with van der Waals surface area (Å²) in [5, 5.41) is 2.99. The minimum Gasteiger partial charge on any atom is -0.497 e. The van der Waals surface area contributed by atoms with Crippen molar-refractivity contribution >= 4 is 5.91 Å². The van der Waals surface area contributed by atoms with Gasteiger partial charge in [-0.05, 0) is 24.6 Å². The molecule has 0 fully saturated rings. The lowest BCUT2D eigenvalue weighted by Crippen LogP contribution is -2.36. The summed E-state index contributed by atoms with van der Waals surface area (Å²) < 4.78 is 5.10. The standard InChI is InChI=1S/C14H21NO2/c1-10(15-13(16)14(2,3)4)11-6-8-12(17-5)9-7-11/h6-10H,1-5H3,(H,15,16). The van der Waals surface area contributed by atoms with E-state index in [0.717, 1.165) is 11.3 Å². The van der Waals surface area contributed by atoms with Gasteiger partial charge in [-0.1, -0.05) is 32.9 Å². The molecule has 1 unspecified atom stereocenters. The lowest BCUT2D eigenvalue weighted by atomic mass is 9.94. The molecule has 3 nitrogen and oxygen atoms in total. The van der Waals surface area contributed by atoms with Crippen molar-refractivity contribution in [2.24, 2.45) is 5.41 Å². The average Bonchev–Trinajstić information content (AvgIpc) is 2.27. The minimum absolute atomic E-state index is 0.00707. The molecule has 3 heteroatoms. The number of nitrogens with one attached hydrogen (secondary N) is 1. The maximum Gasteiger partial charge on any atom is 0.225 e. The molecule has 0 heterocycles. The van der Waals surface area contributed by atoms with E-state index in [1.54, 1.807) is 7.11 Å². The lowest BCUT2D eigenvalue weighted by molar-refractivity contribution is -0.129. The van der Waals surface area contributed by atoms with Crippen LogP contribution in [-0.4, -0.2) is 13.0 Å². The van der Waals surface area contributed by atoms with E-state index < -0.39 is 0 Å². The fourth-order valence-corrected chi connectivity index (χ4v) is 1.39. The third-order valence-corrected chi connectivity index (χ3v) is 2.64. The second-order valence-electron chi connectivity index (χ2n) is 5.22. The van der Waals surface area contributed by atoms with Crippen molar-refractivity contribution in [2.45, 2.75) is 33.7 Å². The van der Waals surface area contributed by atoms with Crippen LogP contribution in [-0.2, 0) is 4.79 Å². The largest absolute Gasteiger partial charge is 0.497 e. The summed E-state index contributed by atoms with van der Waals surface area (Å²) in [4.78, 5) is 11.8. The highest BCUT2D eigenvalue weighted by atomic mass is 16.5. The van der Waals surface area contributed by atoms with Crippen molar-refractivity contribution in [1.82, 2.24) is 5.32 Å². The predicted octanol–water partition coefficient (Wildman–Crippen LogP) is 2.92. The lowest BCUT2D eigenvalue weighted by Gasteiger charge is -2.22. The molecule has 1 atom stereocenters. The number of methoxy groups -OCH3 is 1. The summed E-state index contributed by atoms with van der Waals surface area (Å²) in [5.74, 6) is 0.879. The Labute approximate surface area is 103 Å². The zero-order valence-corrected chi connectivity index (χ0v) is 11.2. The molecule has 1 aromatic rings. The van der Waals surface area contributed by atoms with Crippen LogP contribution in [0.15, 0.2) is 24.3 Å². The highest BCUT2D eigenvalue weighted by molar-refractivity contribution is 5.81. The molecular weight excluding hydrogens is 214 g/mol. The monoisotopic (exact) mass is 235 g/mol. The maximum atomic E-state index is 11.8. The number of ether oxygens (including phenoxy) is 1. The Kier molecular flexibility index (Phi) is 4.16. The SMILES string of the molecule is COc1ccc(C(C)NC(=O)C(C)(C)C)cc1. The van der Waals surface area contributed by atoms with E-state index in [0.29, 0.717) is 0 Å². The summed E-state index contributed by atoms with van der Waals surface area (Å²) in [6, 6.07) is 7.73. The smallest absolute Gasteiger partial charge is 0.225 e. The number of carbonyl (C=O) groups excluding carboxylic acids is 1. The Bertz CT molecular complexity index is 376. The molecular formula is C14H21NO2. The molecule has 0 aromatic heterocycles. The third kappa shape index (κ3) is 3.77. The molecule has 0 aliphatic rings. The second kappa shape index (κ2) is 5.21. The van der Waals surface area contributed by atoms with Crippen molar-refractivity contribution < 1.29 is 9.53 Å². The fourth-order valence-electron chi connectivity index (χ4n) is 1.39. The summed E-state index contributed by atoms with van der Waals surface area (Å²) in [6.07, 6.45) is 0. The molecule has 0 saturated carbocycles. The Balaban J connectivity index is 2.70. The van der Waals surface area contributed by atoms with E-state index in [1.807, 2.05) is 52.0 Å². The van der Waals surface area contributed by atoms with Gasteiger partial charge < -0.3 is 10.1 Å². The van der Waals surface area contributed by atoms with Crippen LogP contribution in [0.1, 0.15) is 39.3 Å². The van der Waals surface area contributed by atoms with Crippen LogP contribution in [0.4, 0.5) is 0 Å². The number of carbonyl (C=O) groups is 1. The Hall–Kier alpha value is -1.51. The molecule has 0 aliphatic heterocycles. The van der Waals surface area contributed by atoms with Crippen LogP contribution < -0.4 is 10.1 Å². The van der Waals surface area contributed by atoms with E-state index >= 15 is 0 Å². The second-order valence-corrected chi connectivity index (χ2v) is 5.22. The first-order valence-electron chi connectivity index (χ1n) is 5.79. The number of rotatable bonds is 3. The van der Waals surface area contributed by atoms with Gasteiger partial charge in [0.05, 0.1) is 13.2 Å². The minimum atomic E-state index is -0.360. The molecule has 17 heavy (non-hydrogen) atoms. The first-order chi connectivity index (χ1) is 7.84. The van der Waals surface area contributed by atoms with Gasteiger partial charge in [-0.25, -0.2) is 0 Å². The highest BCUT2D eigenvalue weighted by Crippen LogP contribution is 2.20. The van der Waals surface area contributed by atoms with Crippen LogP contribution in [0, 0.1) is 5.41 Å². The number of benzene rings is 1. The summed E-state index contributed by atoms with van der Waals surface area (Å²) in [6.45, 7) is 7.70. The summed E-state index contributed by atoms with van der Waals surface area (Å²) in [5.41, 5.74) is 0.712. The normalized spacial score (nSPS) is 13.0. The van der Waals surface area contributed by atoms with Gasteiger partial charge in [0.15, 0.2) is 0 Å². The summed E-state index contributed by atoms with van der Waals surface area (Å²) >= 11 is 0. The molecule has 1 N–H and O–H groups in total. The van der Waals surface area contributed by atoms with Gasteiger partial charge in [0.25, 0.3) is 0 Å². The first kappa shape index (κ1) is 13.6. The first-order valence-corrected chi connectivity index (χ1v) is 5.79. The number of hydrogen-bond acceptors (Lipinski definition) is 2. The van der Waals surface area contributed by atoms with Crippen LogP contribution in [0.3, 0.4) is 0 Å². The molecule has 0 spiro atoms. The van der Waals surface area contributed by atoms with Gasteiger partial charge in [0, 0.05) is 5.41 Å². The van der Waals surface area contributed by atoms with Crippen LogP contribution in [0.2, 0.25) is 0 Å². The van der Waals surface area contributed by atoms with E-state index in [-0.39, 0.29) is 17.4 Å². The zero-order chi connectivity index (χ0) is 13.1. The van der Waals surface area contributed by atoms with Gasteiger partial charge in [0.2, 0.25) is 5.91 Å². The van der Waals surface area contributed by atoms with E-state index in [4.69, 9.17) is 4.74 Å². The summed E-state index contributed by atoms with van der Waals surface area (Å²) in [7, 11) is 1.64. The molecule has 0 bridgehead atoms. The Morgan fingerprint density at radius 2 is 1.76 bits per heavy atom. The molecule has 0 radical (unpaired) electrons. The van der Waals surface area contributed by atoms with Crippen LogP contribution in [0.5, 0.6) is 5.75 Å². The average molecular weight is 235 g/mol. The van der Waals surface area contributed by atoms with Crippen molar-refractivity contribution in [1.29, 1.82) is 0 Å². The van der Waals surface area contributed by atoms with Gasteiger partial charge >= 0.3 is 0 Å². The van der Waals surface area contributed by atoms with Crippen molar-refractivity contribution in [3.8, 4) is 5.75 Å². The molecule has 1 aromatic carbocycles. The quantitative estimate of drug-likeness (QED) is 0.874. The number of hydrogen-bond donors (Lipinski definition) is 1. The van der Waals surface area contributed by atoms with Crippen LogP contribution >= 0.6 is 0 Å². The van der Waals surface area contributed by atoms with Crippen molar-refractivity contribution in [3.63, 3.8) is 0 Å². The fraction of sp³-hybridized carbons (Fsp3) is 0.500. The molecule has 1 amide bonds. The van der Waals surface area contributed by atoms with Crippen LogP contribution in [0.25, 0.3) is 0 Å². The predicted molar refractivity (Wildman–Crippen MR) is 69.0 cm³/mol.